The van der Waals surface area contributed by atoms with Gasteiger partial charge in [-0.1, -0.05) is 48.6 Å². The first-order valence-electron chi connectivity index (χ1n) is 11.6. The summed E-state index contributed by atoms with van der Waals surface area (Å²) >= 11 is 0. The predicted molar refractivity (Wildman–Crippen MR) is 121 cm³/mol. The van der Waals surface area contributed by atoms with E-state index in [1.54, 1.807) is 14.2 Å². The quantitative estimate of drug-likeness (QED) is 0.625. The second kappa shape index (κ2) is 6.21. The Morgan fingerprint density at radius 1 is 0.625 bits per heavy atom. The van der Waals surface area contributed by atoms with Crippen molar-refractivity contribution >= 4 is 0 Å². The fourth-order valence-electron chi connectivity index (χ4n) is 7.58. The van der Waals surface area contributed by atoms with Gasteiger partial charge >= 0.3 is 0 Å². The molecule has 0 saturated heterocycles. The molecule has 0 heterocycles. The molecule has 5 aliphatic carbocycles. The third-order valence-corrected chi connectivity index (χ3v) is 9.26. The maximum Gasteiger partial charge on any atom is 0.111 e. The van der Waals surface area contributed by atoms with Crippen LogP contribution in [0.25, 0.3) is 0 Å². The van der Waals surface area contributed by atoms with Gasteiger partial charge in [-0.15, -0.1) is 0 Å². The molecule has 0 amide bonds. The van der Waals surface area contributed by atoms with Gasteiger partial charge in [-0.05, 0) is 57.3 Å². The van der Waals surface area contributed by atoms with E-state index in [0.29, 0.717) is 0 Å². The van der Waals surface area contributed by atoms with Gasteiger partial charge in [0.1, 0.15) is 11.2 Å². The molecule has 4 atom stereocenters. The van der Waals surface area contributed by atoms with Gasteiger partial charge < -0.3 is 19.7 Å². The number of ether oxygens (including phenoxy) is 2. The smallest absolute Gasteiger partial charge is 0.111 e. The minimum atomic E-state index is -0.543. The van der Waals surface area contributed by atoms with Crippen LogP contribution in [0.5, 0.6) is 0 Å². The predicted octanol–water partition coefficient (Wildman–Crippen LogP) is 3.44. The standard InChI is InChI=1S/C28H28O4/c1-31-27(13-29)23-3-4-24(27)20-10-16-8-18-12-22-21(11-17(18)7-15(16)9-19(20)23)25-5-6-26(22)28(25,14-30)32-2/h3-6,9-12,23-26,29-30H,7-8,13-14H2,1-2H3. The lowest BCUT2D eigenvalue weighted by molar-refractivity contribution is -0.0572. The number of aliphatic hydroxyl groups excluding tert-OH is 2. The van der Waals surface area contributed by atoms with E-state index in [9.17, 15) is 10.2 Å². The van der Waals surface area contributed by atoms with Gasteiger partial charge in [0.05, 0.1) is 13.2 Å². The average Bonchev–Trinajstić information content (AvgIpc) is 3.52. The zero-order chi connectivity index (χ0) is 21.8. The molecular formula is C28H28O4. The second-order valence-electron chi connectivity index (χ2n) is 10.2. The number of aliphatic hydroxyl groups is 2. The Bertz CT molecular complexity index is 1040. The minimum Gasteiger partial charge on any atom is -0.393 e. The van der Waals surface area contributed by atoms with Crippen molar-refractivity contribution in [2.45, 2.75) is 47.7 Å². The van der Waals surface area contributed by atoms with Crippen LogP contribution in [0.15, 0.2) is 48.6 Å². The van der Waals surface area contributed by atoms with E-state index in [-0.39, 0.29) is 36.9 Å². The molecule has 4 nitrogen and oxygen atoms in total. The molecule has 0 aliphatic heterocycles. The summed E-state index contributed by atoms with van der Waals surface area (Å²) in [5, 5.41) is 20.4. The Morgan fingerprint density at radius 2 is 0.906 bits per heavy atom. The van der Waals surface area contributed by atoms with Gasteiger partial charge in [-0.25, -0.2) is 0 Å². The van der Waals surface area contributed by atoms with Crippen LogP contribution in [0.2, 0.25) is 0 Å². The SMILES string of the molecule is COC1(CO)C2C=CC1c1cc3c(cc12)Cc1cc2c(cc1C3)C1C=CC2C1(CO)OC. The monoisotopic (exact) mass is 428 g/mol. The summed E-state index contributed by atoms with van der Waals surface area (Å²) in [6.07, 6.45) is 10.7. The molecule has 164 valence electrons. The summed E-state index contributed by atoms with van der Waals surface area (Å²) in [5.41, 5.74) is 9.73. The molecule has 2 N–H and O–H groups in total. The lowest BCUT2D eigenvalue weighted by Gasteiger charge is -2.31. The highest BCUT2D eigenvalue weighted by Crippen LogP contribution is 2.59. The van der Waals surface area contributed by atoms with Crippen molar-refractivity contribution in [2.24, 2.45) is 0 Å². The largest absolute Gasteiger partial charge is 0.393 e. The van der Waals surface area contributed by atoms with Crippen molar-refractivity contribution in [3.05, 3.63) is 93.1 Å². The third kappa shape index (κ3) is 2.00. The Balaban J connectivity index is 1.30. The van der Waals surface area contributed by atoms with Gasteiger partial charge in [0.25, 0.3) is 0 Å². The van der Waals surface area contributed by atoms with Crippen LogP contribution < -0.4 is 0 Å². The van der Waals surface area contributed by atoms with Crippen molar-refractivity contribution in [1.29, 1.82) is 0 Å². The summed E-state index contributed by atoms with van der Waals surface area (Å²) in [6, 6.07) is 9.49. The molecule has 0 saturated carbocycles. The Morgan fingerprint density at radius 3 is 1.12 bits per heavy atom. The first-order chi connectivity index (χ1) is 15.6. The van der Waals surface area contributed by atoms with Crippen molar-refractivity contribution in [3.8, 4) is 0 Å². The molecular weight excluding hydrogens is 400 g/mol. The normalized spacial score (nSPS) is 36.4. The van der Waals surface area contributed by atoms with E-state index in [1.807, 2.05) is 0 Å². The highest BCUT2D eigenvalue weighted by atomic mass is 16.5. The molecule has 32 heavy (non-hydrogen) atoms. The molecule has 4 heteroatoms. The molecule has 4 bridgehead atoms. The van der Waals surface area contributed by atoms with Gasteiger partial charge in [0.2, 0.25) is 0 Å². The Hall–Kier alpha value is -2.24. The van der Waals surface area contributed by atoms with Gasteiger partial charge in [0, 0.05) is 37.9 Å². The van der Waals surface area contributed by atoms with E-state index in [4.69, 9.17) is 9.47 Å². The van der Waals surface area contributed by atoms with Crippen molar-refractivity contribution in [3.63, 3.8) is 0 Å². The van der Waals surface area contributed by atoms with E-state index < -0.39 is 11.2 Å². The van der Waals surface area contributed by atoms with Crippen molar-refractivity contribution < 1.29 is 19.7 Å². The average molecular weight is 429 g/mol. The first kappa shape index (κ1) is 19.2. The minimum absolute atomic E-state index is 0.0278. The number of hydrogen-bond acceptors (Lipinski definition) is 4. The van der Waals surface area contributed by atoms with E-state index in [0.717, 1.165) is 12.8 Å². The van der Waals surface area contributed by atoms with Crippen molar-refractivity contribution in [2.75, 3.05) is 27.4 Å². The molecule has 0 radical (unpaired) electrons. The fraction of sp³-hybridized carbons (Fsp3) is 0.429. The van der Waals surface area contributed by atoms with Crippen LogP contribution in [0.4, 0.5) is 0 Å². The maximum atomic E-state index is 10.2. The Labute approximate surface area is 188 Å². The lowest BCUT2D eigenvalue weighted by Crippen LogP contribution is -2.39. The molecule has 4 unspecified atom stereocenters. The number of rotatable bonds is 4. The van der Waals surface area contributed by atoms with Gasteiger partial charge in [-0.2, -0.15) is 0 Å². The van der Waals surface area contributed by atoms with E-state index in [2.05, 4.69) is 48.6 Å². The highest BCUT2D eigenvalue weighted by Gasteiger charge is 2.56. The zero-order valence-corrected chi connectivity index (χ0v) is 18.5. The second-order valence-corrected chi connectivity index (χ2v) is 10.2. The third-order valence-electron chi connectivity index (χ3n) is 9.26. The van der Waals surface area contributed by atoms with Crippen LogP contribution in [0.3, 0.4) is 0 Å². The van der Waals surface area contributed by atoms with E-state index >= 15 is 0 Å². The molecule has 2 aromatic carbocycles. The molecule has 5 aliphatic rings. The number of methoxy groups -OCH3 is 2. The number of fused-ring (bicyclic) bond motifs is 12. The van der Waals surface area contributed by atoms with Gasteiger partial charge in [0.15, 0.2) is 0 Å². The summed E-state index contributed by atoms with van der Waals surface area (Å²) < 4.78 is 11.8. The van der Waals surface area contributed by atoms with Crippen LogP contribution in [0, 0.1) is 0 Å². The molecule has 0 spiro atoms. The zero-order valence-electron chi connectivity index (χ0n) is 18.5. The van der Waals surface area contributed by atoms with Crippen molar-refractivity contribution in [1.82, 2.24) is 0 Å². The first-order valence-corrected chi connectivity index (χ1v) is 11.6. The van der Waals surface area contributed by atoms with Gasteiger partial charge in [-0.3, -0.25) is 0 Å². The summed E-state index contributed by atoms with van der Waals surface area (Å²) in [6.45, 7) is 0.0556. The molecule has 2 aromatic rings. The topological polar surface area (TPSA) is 58.9 Å². The van der Waals surface area contributed by atoms with E-state index in [1.165, 1.54) is 44.5 Å². The number of benzene rings is 2. The summed E-state index contributed by atoms with van der Waals surface area (Å²) in [5.74, 6) is 0.489. The Kier molecular flexibility index (Phi) is 3.73. The van der Waals surface area contributed by atoms with Crippen LogP contribution in [0.1, 0.15) is 68.2 Å². The molecule has 0 fully saturated rings. The highest BCUT2D eigenvalue weighted by molar-refractivity contribution is 5.62. The number of hydrogen-bond donors (Lipinski definition) is 2. The molecule has 7 rings (SSSR count). The van der Waals surface area contributed by atoms with Crippen LogP contribution in [-0.4, -0.2) is 48.8 Å². The lowest BCUT2D eigenvalue weighted by atomic mass is 9.80. The summed E-state index contributed by atoms with van der Waals surface area (Å²) in [7, 11) is 3.45. The van der Waals surface area contributed by atoms with Crippen LogP contribution in [-0.2, 0) is 22.3 Å². The fourth-order valence-corrected chi connectivity index (χ4v) is 7.58. The van der Waals surface area contributed by atoms with Crippen LogP contribution >= 0.6 is 0 Å². The maximum absolute atomic E-state index is 10.2. The summed E-state index contributed by atoms with van der Waals surface area (Å²) in [4.78, 5) is 0. The molecule has 0 aromatic heterocycles.